The molecule has 24 heavy (non-hydrogen) atoms. The van der Waals surface area contributed by atoms with Crippen LogP contribution >= 0.6 is 0 Å². The van der Waals surface area contributed by atoms with Crippen LogP contribution < -0.4 is 4.90 Å². The first-order valence-electron chi connectivity index (χ1n) is 8.61. The molecule has 2 saturated heterocycles. The maximum absolute atomic E-state index is 11.8. The van der Waals surface area contributed by atoms with Crippen LogP contribution in [0, 0.1) is 0 Å². The van der Waals surface area contributed by atoms with E-state index < -0.39 is 0 Å². The lowest BCUT2D eigenvalue weighted by Gasteiger charge is -2.38. The van der Waals surface area contributed by atoms with Crippen molar-refractivity contribution in [2.75, 3.05) is 24.5 Å². The first-order chi connectivity index (χ1) is 11.6. The first kappa shape index (κ1) is 15.4. The van der Waals surface area contributed by atoms with Crippen molar-refractivity contribution < 1.29 is 9.21 Å². The van der Waals surface area contributed by atoms with Gasteiger partial charge in [-0.1, -0.05) is 13.8 Å². The van der Waals surface area contributed by atoms with E-state index in [-0.39, 0.29) is 5.91 Å². The van der Waals surface area contributed by atoms with Crippen LogP contribution in [-0.2, 0) is 11.3 Å². The Morgan fingerprint density at radius 3 is 2.83 bits per heavy atom. The Bertz CT molecular complexity index is 729. The number of likely N-dealkylation sites (tertiary alicyclic amines) is 1. The molecule has 0 saturated carbocycles. The number of carbonyl (C=O) groups is 1. The van der Waals surface area contributed by atoms with Crippen molar-refractivity contribution in [1.29, 1.82) is 0 Å². The normalized spacial score (nSPS) is 19.5. The fourth-order valence-corrected chi connectivity index (χ4v) is 3.28. The number of hydrogen-bond donors (Lipinski definition) is 0. The van der Waals surface area contributed by atoms with Gasteiger partial charge in [0, 0.05) is 38.2 Å². The predicted octanol–water partition coefficient (Wildman–Crippen LogP) is 2.18. The molecule has 128 valence electrons. The molecule has 0 N–H and O–H groups in total. The topological polar surface area (TPSA) is 67.4 Å². The van der Waals surface area contributed by atoms with Gasteiger partial charge in [0.15, 0.2) is 0 Å². The average molecular weight is 329 g/mol. The zero-order valence-electron chi connectivity index (χ0n) is 14.2. The molecule has 0 bridgehead atoms. The van der Waals surface area contributed by atoms with Crippen molar-refractivity contribution in [3.05, 3.63) is 30.2 Å². The van der Waals surface area contributed by atoms with Crippen molar-refractivity contribution >= 4 is 11.6 Å². The summed E-state index contributed by atoms with van der Waals surface area (Å²) in [6, 6.07) is 0.357. The number of amides is 1. The molecule has 0 spiro atoms. The molecule has 4 rings (SSSR count). The van der Waals surface area contributed by atoms with Gasteiger partial charge in [0.05, 0.1) is 30.7 Å². The number of carbonyl (C=O) groups excluding carboxylic acids is 1. The molecule has 2 fully saturated rings. The van der Waals surface area contributed by atoms with Gasteiger partial charge in [0.2, 0.25) is 11.8 Å². The highest BCUT2D eigenvalue weighted by molar-refractivity contribution is 5.95. The van der Waals surface area contributed by atoms with Crippen molar-refractivity contribution in [3.63, 3.8) is 0 Å². The van der Waals surface area contributed by atoms with E-state index >= 15 is 0 Å². The van der Waals surface area contributed by atoms with Crippen LogP contribution in [0.1, 0.15) is 50.3 Å². The molecule has 7 nitrogen and oxygen atoms in total. The molecule has 7 heteroatoms. The summed E-state index contributed by atoms with van der Waals surface area (Å²) in [6.07, 6.45) is 7.21. The van der Waals surface area contributed by atoms with Gasteiger partial charge in [-0.3, -0.25) is 14.4 Å². The summed E-state index contributed by atoms with van der Waals surface area (Å²) < 4.78 is 7.74. The summed E-state index contributed by atoms with van der Waals surface area (Å²) in [7, 11) is 0. The molecule has 2 aromatic heterocycles. The van der Waals surface area contributed by atoms with Crippen molar-refractivity contribution in [3.8, 4) is 0 Å². The number of aromatic nitrogens is 3. The predicted molar refractivity (Wildman–Crippen MR) is 88.7 cm³/mol. The molecular weight excluding hydrogens is 306 g/mol. The highest BCUT2D eigenvalue weighted by Gasteiger charge is 2.31. The molecule has 0 atom stereocenters. The number of hydrogen-bond acceptors (Lipinski definition) is 5. The van der Waals surface area contributed by atoms with E-state index in [1.807, 2.05) is 22.0 Å². The van der Waals surface area contributed by atoms with E-state index in [2.05, 4.69) is 28.8 Å². The van der Waals surface area contributed by atoms with Crippen molar-refractivity contribution in [2.45, 2.75) is 45.2 Å². The van der Waals surface area contributed by atoms with E-state index in [9.17, 15) is 4.79 Å². The molecule has 2 aliphatic heterocycles. The van der Waals surface area contributed by atoms with Gasteiger partial charge >= 0.3 is 0 Å². The minimum atomic E-state index is 0.203. The van der Waals surface area contributed by atoms with E-state index in [1.165, 1.54) is 0 Å². The van der Waals surface area contributed by atoms with Gasteiger partial charge in [-0.05, 0) is 6.42 Å². The lowest BCUT2D eigenvalue weighted by Crippen LogP contribution is -2.47. The Morgan fingerprint density at radius 1 is 1.33 bits per heavy atom. The Labute approximate surface area is 141 Å². The zero-order valence-corrected chi connectivity index (χ0v) is 14.2. The minimum Gasteiger partial charge on any atom is -0.444 e. The molecular formula is C17H23N5O2. The summed E-state index contributed by atoms with van der Waals surface area (Å²) in [5, 5.41) is 4.44. The fourth-order valence-electron chi connectivity index (χ4n) is 3.28. The molecule has 2 aromatic rings. The van der Waals surface area contributed by atoms with Crippen molar-refractivity contribution in [1.82, 2.24) is 19.7 Å². The van der Waals surface area contributed by atoms with E-state index in [4.69, 9.17) is 4.42 Å². The third-order valence-electron chi connectivity index (χ3n) is 4.78. The Balaban J connectivity index is 1.32. The monoisotopic (exact) mass is 329 g/mol. The maximum atomic E-state index is 11.8. The number of nitrogens with zero attached hydrogens (tertiary/aromatic N) is 5. The van der Waals surface area contributed by atoms with Crippen LogP contribution in [0.4, 0.5) is 5.69 Å². The van der Waals surface area contributed by atoms with Gasteiger partial charge in [0.1, 0.15) is 5.76 Å². The van der Waals surface area contributed by atoms with Crippen LogP contribution in [0.15, 0.2) is 23.0 Å². The van der Waals surface area contributed by atoms with Crippen LogP contribution in [0.2, 0.25) is 0 Å². The van der Waals surface area contributed by atoms with Gasteiger partial charge in [-0.25, -0.2) is 4.98 Å². The van der Waals surface area contributed by atoms with Crippen LogP contribution in [-0.4, -0.2) is 45.2 Å². The highest BCUT2D eigenvalue weighted by atomic mass is 16.4. The second-order valence-corrected chi connectivity index (χ2v) is 6.99. The van der Waals surface area contributed by atoms with E-state index in [1.54, 1.807) is 6.20 Å². The molecule has 0 aliphatic carbocycles. The summed E-state index contributed by atoms with van der Waals surface area (Å²) in [6.45, 7) is 7.60. The maximum Gasteiger partial charge on any atom is 0.227 e. The second kappa shape index (κ2) is 6.05. The Kier molecular flexibility index (Phi) is 3.88. The Morgan fingerprint density at radius 2 is 2.17 bits per heavy atom. The Hall–Kier alpha value is -2.15. The van der Waals surface area contributed by atoms with E-state index in [0.29, 0.717) is 18.4 Å². The third-order valence-corrected chi connectivity index (χ3v) is 4.78. The SMILES string of the molecule is CC(C)c1cnc(CN2CC(n3cc(N4CCCC4=O)cn3)C2)o1. The lowest BCUT2D eigenvalue weighted by atomic mass is 10.1. The van der Waals surface area contributed by atoms with Crippen molar-refractivity contribution in [2.24, 2.45) is 0 Å². The summed E-state index contributed by atoms with van der Waals surface area (Å²) in [5.74, 6) is 2.29. The molecule has 4 heterocycles. The highest BCUT2D eigenvalue weighted by Crippen LogP contribution is 2.27. The minimum absolute atomic E-state index is 0.203. The van der Waals surface area contributed by atoms with Gasteiger partial charge in [-0.2, -0.15) is 5.10 Å². The fraction of sp³-hybridized carbons (Fsp3) is 0.588. The number of anilines is 1. The third kappa shape index (κ3) is 2.84. The van der Waals surface area contributed by atoms with Crippen LogP contribution in [0.3, 0.4) is 0 Å². The summed E-state index contributed by atoms with van der Waals surface area (Å²) in [4.78, 5) is 20.3. The molecule has 2 aliphatic rings. The molecule has 0 unspecified atom stereocenters. The van der Waals surface area contributed by atoms with Gasteiger partial charge in [-0.15, -0.1) is 0 Å². The zero-order chi connectivity index (χ0) is 16.7. The summed E-state index contributed by atoms with van der Waals surface area (Å²) >= 11 is 0. The molecule has 1 amide bonds. The number of rotatable bonds is 5. The lowest BCUT2D eigenvalue weighted by molar-refractivity contribution is -0.117. The van der Waals surface area contributed by atoms with Crippen LogP contribution in [0.25, 0.3) is 0 Å². The van der Waals surface area contributed by atoms with E-state index in [0.717, 1.165) is 49.9 Å². The first-order valence-corrected chi connectivity index (χ1v) is 8.61. The standard InChI is InChI=1S/C17H23N5O2/c1-12(2)15-7-18-16(24-15)11-20-8-14(9-20)22-10-13(6-19-22)21-5-3-4-17(21)23/h6-7,10,12,14H,3-5,8-9,11H2,1-2H3. The van der Waals surface area contributed by atoms with Gasteiger partial charge < -0.3 is 9.32 Å². The average Bonchev–Trinajstić information content (AvgIpc) is 3.22. The molecule has 0 radical (unpaired) electrons. The second-order valence-electron chi connectivity index (χ2n) is 6.99. The quantitative estimate of drug-likeness (QED) is 0.841. The molecule has 0 aromatic carbocycles. The summed E-state index contributed by atoms with van der Waals surface area (Å²) in [5.41, 5.74) is 0.922. The number of oxazole rings is 1. The van der Waals surface area contributed by atoms with Gasteiger partial charge in [0.25, 0.3) is 0 Å². The van der Waals surface area contributed by atoms with Crippen LogP contribution in [0.5, 0.6) is 0 Å². The smallest absolute Gasteiger partial charge is 0.227 e. The largest absolute Gasteiger partial charge is 0.444 e.